The molecule has 0 radical (unpaired) electrons. The molecule has 1 heterocycles. The Bertz CT molecular complexity index is 364. The van der Waals surface area contributed by atoms with Crippen molar-refractivity contribution < 1.29 is 0 Å². The first-order valence-electron chi connectivity index (χ1n) is 7.93. The smallest absolute Gasteiger partial charge is 0.0598 e. The molecule has 20 heavy (non-hydrogen) atoms. The van der Waals surface area contributed by atoms with Crippen LogP contribution in [0.5, 0.6) is 0 Å². The predicted molar refractivity (Wildman–Crippen MR) is 88.1 cm³/mol. The third kappa shape index (κ3) is 5.91. The van der Waals surface area contributed by atoms with Gasteiger partial charge in [-0.3, -0.25) is 4.98 Å². The van der Waals surface area contributed by atoms with Crippen LogP contribution in [0.3, 0.4) is 0 Å². The lowest BCUT2D eigenvalue weighted by Gasteiger charge is -2.30. The van der Waals surface area contributed by atoms with Gasteiger partial charge in [0.15, 0.2) is 0 Å². The fourth-order valence-electron chi connectivity index (χ4n) is 2.40. The molecular formula is C17H31N3. The van der Waals surface area contributed by atoms with Crippen LogP contribution >= 0.6 is 0 Å². The van der Waals surface area contributed by atoms with Gasteiger partial charge in [0, 0.05) is 25.8 Å². The van der Waals surface area contributed by atoms with Crippen molar-refractivity contribution in [2.75, 3.05) is 24.5 Å². The summed E-state index contributed by atoms with van der Waals surface area (Å²) >= 11 is 0. The van der Waals surface area contributed by atoms with Gasteiger partial charge in [-0.25, -0.2) is 0 Å². The van der Waals surface area contributed by atoms with E-state index in [1.165, 1.54) is 17.7 Å². The molecule has 114 valence electrons. The van der Waals surface area contributed by atoms with Crippen molar-refractivity contribution in [1.29, 1.82) is 0 Å². The summed E-state index contributed by atoms with van der Waals surface area (Å²) in [5.41, 5.74) is 2.65. The molecule has 0 aliphatic carbocycles. The number of nitrogens with one attached hydrogen (secondary N) is 1. The van der Waals surface area contributed by atoms with E-state index in [0.29, 0.717) is 11.8 Å². The highest BCUT2D eigenvalue weighted by Crippen LogP contribution is 2.21. The van der Waals surface area contributed by atoms with E-state index >= 15 is 0 Å². The van der Waals surface area contributed by atoms with Crippen LogP contribution in [-0.4, -0.2) is 24.6 Å². The molecule has 0 aliphatic heterocycles. The first-order chi connectivity index (χ1) is 9.54. The molecule has 0 saturated carbocycles. The zero-order chi connectivity index (χ0) is 15.0. The number of aromatic nitrogens is 1. The summed E-state index contributed by atoms with van der Waals surface area (Å²) in [4.78, 5) is 6.83. The van der Waals surface area contributed by atoms with Crippen molar-refractivity contribution in [3.8, 4) is 0 Å². The van der Waals surface area contributed by atoms with Crippen LogP contribution in [0, 0.1) is 11.8 Å². The van der Waals surface area contributed by atoms with Crippen LogP contribution in [-0.2, 0) is 6.54 Å². The van der Waals surface area contributed by atoms with Gasteiger partial charge in [0.25, 0.3) is 0 Å². The van der Waals surface area contributed by atoms with E-state index in [2.05, 4.69) is 55.9 Å². The SMILES string of the molecule is CCCNCc1ccncc1N(CC(C)C)CC(C)C. The van der Waals surface area contributed by atoms with E-state index in [0.717, 1.165) is 26.2 Å². The number of hydrogen-bond donors (Lipinski definition) is 1. The van der Waals surface area contributed by atoms with E-state index in [1.807, 2.05) is 12.4 Å². The Morgan fingerprint density at radius 3 is 2.35 bits per heavy atom. The topological polar surface area (TPSA) is 28.2 Å². The summed E-state index contributed by atoms with van der Waals surface area (Å²) in [6.07, 6.45) is 5.09. The minimum absolute atomic E-state index is 0.658. The Hall–Kier alpha value is -1.09. The van der Waals surface area contributed by atoms with E-state index < -0.39 is 0 Å². The Kier molecular flexibility index (Phi) is 7.60. The van der Waals surface area contributed by atoms with Crippen molar-refractivity contribution in [3.63, 3.8) is 0 Å². The number of pyridine rings is 1. The summed E-state index contributed by atoms with van der Waals surface area (Å²) < 4.78 is 0. The summed E-state index contributed by atoms with van der Waals surface area (Å²) in [6, 6.07) is 2.14. The maximum absolute atomic E-state index is 4.34. The van der Waals surface area contributed by atoms with Gasteiger partial charge < -0.3 is 10.2 Å². The highest BCUT2D eigenvalue weighted by Gasteiger charge is 2.14. The molecule has 1 N–H and O–H groups in total. The van der Waals surface area contributed by atoms with Crippen LogP contribution in [0.1, 0.15) is 46.6 Å². The Morgan fingerprint density at radius 1 is 1.15 bits per heavy atom. The molecule has 1 rings (SSSR count). The maximum Gasteiger partial charge on any atom is 0.0598 e. The van der Waals surface area contributed by atoms with E-state index in [-0.39, 0.29) is 0 Å². The lowest BCUT2D eigenvalue weighted by Crippen LogP contribution is -2.32. The molecule has 0 aliphatic rings. The van der Waals surface area contributed by atoms with Crippen molar-refractivity contribution in [1.82, 2.24) is 10.3 Å². The Labute approximate surface area is 124 Å². The Morgan fingerprint density at radius 2 is 1.80 bits per heavy atom. The molecular weight excluding hydrogens is 246 g/mol. The standard InChI is InChI=1S/C17H31N3/c1-6-8-18-10-16-7-9-19-11-17(16)20(12-14(2)3)13-15(4)5/h7,9,11,14-15,18H,6,8,10,12-13H2,1-5H3. The average Bonchev–Trinajstić information content (AvgIpc) is 2.38. The summed E-state index contributed by atoms with van der Waals surface area (Å²) in [5, 5.41) is 3.50. The molecule has 0 unspecified atom stereocenters. The van der Waals surface area contributed by atoms with Gasteiger partial charge >= 0.3 is 0 Å². The van der Waals surface area contributed by atoms with Gasteiger partial charge in [-0.1, -0.05) is 34.6 Å². The number of nitrogens with zero attached hydrogens (tertiary/aromatic N) is 2. The monoisotopic (exact) mass is 277 g/mol. The zero-order valence-electron chi connectivity index (χ0n) is 13.8. The second-order valence-electron chi connectivity index (χ2n) is 6.37. The highest BCUT2D eigenvalue weighted by atomic mass is 15.1. The van der Waals surface area contributed by atoms with Crippen LogP contribution in [0.2, 0.25) is 0 Å². The minimum atomic E-state index is 0.658. The molecule has 0 aromatic carbocycles. The molecule has 1 aromatic rings. The number of hydrogen-bond acceptors (Lipinski definition) is 3. The fourth-order valence-corrected chi connectivity index (χ4v) is 2.40. The normalized spacial score (nSPS) is 11.3. The first kappa shape index (κ1) is 17.0. The van der Waals surface area contributed by atoms with E-state index in [1.54, 1.807) is 0 Å². The fraction of sp³-hybridized carbons (Fsp3) is 0.706. The molecule has 0 atom stereocenters. The molecule has 0 amide bonds. The largest absolute Gasteiger partial charge is 0.370 e. The van der Waals surface area contributed by atoms with Gasteiger partial charge in [-0.2, -0.15) is 0 Å². The molecule has 0 bridgehead atoms. The van der Waals surface area contributed by atoms with Crippen LogP contribution in [0.25, 0.3) is 0 Å². The van der Waals surface area contributed by atoms with Crippen LogP contribution in [0.4, 0.5) is 5.69 Å². The van der Waals surface area contributed by atoms with Crippen LogP contribution in [0.15, 0.2) is 18.5 Å². The van der Waals surface area contributed by atoms with Gasteiger partial charge in [0.1, 0.15) is 0 Å². The Balaban J connectivity index is 2.87. The predicted octanol–water partition coefficient (Wildman–Crippen LogP) is 3.70. The van der Waals surface area contributed by atoms with Crippen molar-refractivity contribution >= 4 is 5.69 Å². The quantitative estimate of drug-likeness (QED) is 0.698. The molecule has 0 spiro atoms. The second-order valence-corrected chi connectivity index (χ2v) is 6.37. The lowest BCUT2D eigenvalue weighted by molar-refractivity contribution is 0.549. The molecule has 3 nitrogen and oxygen atoms in total. The zero-order valence-corrected chi connectivity index (χ0v) is 13.8. The number of rotatable bonds is 9. The third-order valence-electron chi connectivity index (χ3n) is 3.14. The summed E-state index contributed by atoms with van der Waals surface area (Å²) in [7, 11) is 0. The summed E-state index contributed by atoms with van der Waals surface area (Å²) in [6.45, 7) is 15.5. The maximum atomic E-state index is 4.34. The van der Waals surface area contributed by atoms with Gasteiger partial charge in [-0.15, -0.1) is 0 Å². The van der Waals surface area contributed by atoms with Gasteiger partial charge in [-0.05, 0) is 36.4 Å². The number of anilines is 1. The van der Waals surface area contributed by atoms with Gasteiger partial charge in [0.2, 0.25) is 0 Å². The molecule has 0 fully saturated rings. The summed E-state index contributed by atoms with van der Waals surface area (Å²) in [5.74, 6) is 1.32. The average molecular weight is 277 g/mol. The minimum Gasteiger partial charge on any atom is -0.370 e. The van der Waals surface area contributed by atoms with Crippen LogP contribution < -0.4 is 10.2 Å². The first-order valence-corrected chi connectivity index (χ1v) is 7.93. The van der Waals surface area contributed by atoms with Crippen molar-refractivity contribution in [2.45, 2.75) is 47.6 Å². The van der Waals surface area contributed by atoms with Crippen molar-refractivity contribution in [2.24, 2.45) is 11.8 Å². The lowest BCUT2D eigenvalue weighted by atomic mass is 10.1. The van der Waals surface area contributed by atoms with Crippen molar-refractivity contribution in [3.05, 3.63) is 24.0 Å². The second kappa shape index (κ2) is 8.96. The van der Waals surface area contributed by atoms with E-state index in [4.69, 9.17) is 0 Å². The molecule has 3 heteroatoms. The van der Waals surface area contributed by atoms with Gasteiger partial charge in [0.05, 0.1) is 11.9 Å². The molecule has 0 saturated heterocycles. The third-order valence-corrected chi connectivity index (χ3v) is 3.14. The highest BCUT2D eigenvalue weighted by molar-refractivity contribution is 5.51. The van der Waals surface area contributed by atoms with E-state index in [9.17, 15) is 0 Å². The molecule has 1 aromatic heterocycles.